The molecule has 0 heterocycles. The van der Waals surface area contributed by atoms with Gasteiger partial charge in [0, 0.05) is 11.3 Å². The fourth-order valence-electron chi connectivity index (χ4n) is 2.09. The van der Waals surface area contributed by atoms with Crippen LogP contribution in [0.25, 0.3) is 0 Å². The zero-order chi connectivity index (χ0) is 14.0. The Labute approximate surface area is 114 Å². The molecule has 1 amide bonds. The summed E-state index contributed by atoms with van der Waals surface area (Å²) in [5.41, 5.74) is 6.14. The number of carbonyl (C=O) groups is 1. The number of nitrogens with one attached hydrogen (secondary N) is 1. The van der Waals surface area contributed by atoms with Crippen molar-refractivity contribution in [3.8, 4) is 0 Å². The van der Waals surface area contributed by atoms with Crippen LogP contribution in [0.4, 0.5) is 5.69 Å². The summed E-state index contributed by atoms with van der Waals surface area (Å²) in [7, 11) is 0. The summed E-state index contributed by atoms with van der Waals surface area (Å²) in [4.78, 5) is 12.2. The van der Waals surface area contributed by atoms with Gasteiger partial charge in [0.2, 0.25) is 0 Å². The Balaban J connectivity index is 2.23. The number of hydrogen-bond donors (Lipinski definition) is 1. The lowest BCUT2D eigenvalue weighted by Crippen LogP contribution is -2.13. The molecule has 0 atom stereocenters. The number of carbonyl (C=O) groups excluding carboxylic acids is 1. The Morgan fingerprint density at radius 1 is 0.842 bits per heavy atom. The van der Waals surface area contributed by atoms with Crippen LogP contribution in [0.15, 0.2) is 36.4 Å². The van der Waals surface area contributed by atoms with Crippen LogP contribution in [0.3, 0.4) is 0 Å². The van der Waals surface area contributed by atoms with E-state index in [1.165, 1.54) is 16.7 Å². The third kappa shape index (κ3) is 3.02. The van der Waals surface area contributed by atoms with E-state index in [-0.39, 0.29) is 5.91 Å². The molecular formula is C17H19NO. The molecule has 0 aromatic heterocycles. The third-order valence-corrected chi connectivity index (χ3v) is 3.39. The zero-order valence-electron chi connectivity index (χ0n) is 11.9. The summed E-state index contributed by atoms with van der Waals surface area (Å²) in [5, 5.41) is 2.95. The summed E-state index contributed by atoms with van der Waals surface area (Å²) in [6.07, 6.45) is 0. The second-order valence-electron chi connectivity index (χ2n) is 5.07. The Kier molecular flexibility index (Phi) is 3.70. The lowest BCUT2D eigenvalue weighted by atomic mass is 10.0. The predicted molar refractivity (Wildman–Crippen MR) is 79.8 cm³/mol. The quantitative estimate of drug-likeness (QED) is 0.855. The van der Waals surface area contributed by atoms with Gasteiger partial charge in [-0.1, -0.05) is 23.8 Å². The van der Waals surface area contributed by atoms with Crippen molar-refractivity contribution in [2.45, 2.75) is 27.7 Å². The highest BCUT2D eigenvalue weighted by Gasteiger charge is 2.09. The van der Waals surface area contributed by atoms with E-state index in [4.69, 9.17) is 0 Å². The van der Waals surface area contributed by atoms with Crippen molar-refractivity contribution >= 4 is 11.6 Å². The Morgan fingerprint density at radius 3 is 2.21 bits per heavy atom. The standard InChI is InChI=1S/C17H19NO/c1-11-5-8-16(14(4)9-11)17(19)18-15-7-6-12(2)13(3)10-15/h5-10H,1-4H3,(H,18,19). The van der Waals surface area contributed by atoms with E-state index in [1.54, 1.807) is 0 Å². The van der Waals surface area contributed by atoms with Gasteiger partial charge in [-0.05, 0) is 62.6 Å². The monoisotopic (exact) mass is 253 g/mol. The minimum Gasteiger partial charge on any atom is -0.322 e. The molecule has 0 spiro atoms. The van der Waals surface area contributed by atoms with Gasteiger partial charge in [-0.25, -0.2) is 0 Å². The fraction of sp³-hybridized carbons (Fsp3) is 0.235. The van der Waals surface area contributed by atoms with Crippen LogP contribution in [0.1, 0.15) is 32.6 Å². The maximum Gasteiger partial charge on any atom is 0.255 e. The summed E-state index contributed by atoms with van der Waals surface area (Å²) in [6.45, 7) is 8.09. The molecule has 2 heteroatoms. The highest BCUT2D eigenvalue weighted by molar-refractivity contribution is 6.05. The molecule has 0 saturated carbocycles. The minimum absolute atomic E-state index is 0.0549. The van der Waals surface area contributed by atoms with E-state index in [9.17, 15) is 4.79 Å². The van der Waals surface area contributed by atoms with Crippen LogP contribution in [-0.4, -0.2) is 5.91 Å². The molecule has 0 unspecified atom stereocenters. The van der Waals surface area contributed by atoms with E-state index in [2.05, 4.69) is 12.2 Å². The first-order valence-corrected chi connectivity index (χ1v) is 6.43. The number of rotatable bonds is 2. The summed E-state index contributed by atoms with van der Waals surface area (Å²) < 4.78 is 0. The van der Waals surface area contributed by atoms with E-state index < -0.39 is 0 Å². The van der Waals surface area contributed by atoms with E-state index in [1.807, 2.05) is 57.2 Å². The van der Waals surface area contributed by atoms with Crippen molar-refractivity contribution in [2.75, 3.05) is 5.32 Å². The second kappa shape index (κ2) is 5.27. The molecule has 2 nitrogen and oxygen atoms in total. The van der Waals surface area contributed by atoms with Crippen molar-refractivity contribution in [3.63, 3.8) is 0 Å². The molecule has 0 bridgehead atoms. The Morgan fingerprint density at radius 2 is 1.58 bits per heavy atom. The molecule has 1 N–H and O–H groups in total. The van der Waals surface area contributed by atoms with Gasteiger partial charge in [0.15, 0.2) is 0 Å². The number of aryl methyl sites for hydroxylation is 4. The Bertz CT molecular complexity index is 629. The van der Waals surface area contributed by atoms with E-state index in [0.29, 0.717) is 0 Å². The molecule has 98 valence electrons. The van der Waals surface area contributed by atoms with Crippen molar-refractivity contribution in [3.05, 3.63) is 64.2 Å². The van der Waals surface area contributed by atoms with Crippen LogP contribution >= 0.6 is 0 Å². The summed E-state index contributed by atoms with van der Waals surface area (Å²) in [6, 6.07) is 11.8. The smallest absolute Gasteiger partial charge is 0.255 e. The maximum atomic E-state index is 12.2. The number of hydrogen-bond acceptors (Lipinski definition) is 1. The van der Waals surface area contributed by atoms with Crippen molar-refractivity contribution in [2.24, 2.45) is 0 Å². The summed E-state index contributed by atoms with van der Waals surface area (Å²) >= 11 is 0. The van der Waals surface area contributed by atoms with Crippen LogP contribution in [-0.2, 0) is 0 Å². The van der Waals surface area contributed by atoms with Crippen LogP contribution in [0.2, 0.25) is 0 Å². The molecule has 0 aliphatic carbocycles. The SMILES string of the molecule is Cc1ccc(C(=O)Nc2ccc(C)c(C)c2)c(C)c1. The molecule has 19 heavy (non-hydrogen) atoms. The topological polar surface area (TPSA) is 29.1 Å². The molecule has 0 radical (unpaired) electrons. The predicted octanol–water partition coefficient (Wildman–Crippen LogP) is 4.17. The van der Waals surface area contributed by atoms with Gasteiger partial charge in [-0.15, -0.1) is 0 Å². The first-order valence-electron chi connectivity index (χ1n) is 6.43. The van der Waals surface area contributed by atoms with Gasteiger partial charge in [-0.2, -0.15) is 0 Å². The number of benzene rings is 2. The largest absolute Gasteiger partial charge is 0.322 e. The third-order valence-electron chi connectivity index (χ3n) is 3.39. The molecule has 2 aromatic carbocycles. The molecule has 0 saturated heterocycles. The highest BCUT2D eigenvalue weighted by Crippen LogP contribution is 2.17. The maximum absolute atomic E-state index is 12.2. The zero-order valence-corrected chi connectivity index (χ0v) is 11.9. The first-order chi connectivity index (χ1) is 8.97. The normalized spacial score (nSPS) is 10.3. The lowest BCUT2D eigenvalue weighted by Gasteiger charge is -2.10. The molecule has 2 aromatic rings. The fourth-order valence-corrected chi connectivity index (χ4v) is 2.09. The van der Waals surface area contributed by atoms with Crippen LogP contribution < -0.4 is 5.32 Å². The highest BCUT2D eigenvalue weighted by atomic mass is 16.1. The molecule has 2 rings (SSSR count). The molecular weight excluding hydrogens is 234 g/mol. The van der Waals surface area contributed by atoms with Gasteiger partial charge in [0.05, 0.1) is 0 Å². The van der Waals surface area contributed by atoms with Gasteiger partial charge in [-0.3, -0.25) is 4.79 Å². The number of amides is 1. The van der Waals surface area contributed by atoms with Gasteiger partial charge in [0.1, 0.15) is 0 Å². The van der Waals surface area contributed by atoms with Crippen molar-refractivity contribution in [1.29, 1.82) is 0 Å². The molecule has 0 fully saturated rings. The number of anilines is 1. The van der Waals surface area contributed by atoms with Gasteiger partial charge >= 0.3 is 0 Å². The average Bonchev–Trinajstić information content (AvgIpc) is 2.33. The molecule has 0 aliphatic heterocycles. The Hall–Kier alpha value is -2.09. The van der Waals surface area contributed by atoms with Crippen molar-refractivity contribution in [1.82, 2.24) is 0 Å². The molecule has 0 aliphatic rings. The van der Waals surface area contributed by atoms with Gasteiger partial charge in [0.25, 0.3) is 5.91 Å². The lowest BCUT2D eigenvalue weighted by molar-refractivity contribution is 0.102. The second-order valence-corrected chi connectivity index (χ2v) is 5.07. The van der Waals surface area contributed by atoms with Crippen LogP contribution in [0, 0.1) is 27.7 Å². The average molecular weight is 253 g/mol. The van der Waals surface area contributed by atoms with Crippen LogP contribution in [0.5, 0.6) is 0 Å². The van der Waals surface area contributed by atoms with Crippen molar-refractivity contribution < 1.29 is 4.79 Å². The van der Waals surface area contributed by atoms with E-state index in [0.717, 1.165) is 16.8 Å². The first kappa shape index (κ1) is 13.3. The summed E-state index contributed by atoms with van der Waals surface area (Å²) in [5.74, 6) is -0.0549. The van der Waals surface area contributed by atoms with Gasteiger partial charge < -0.3 is 5.32 Å². The minimum atomic E-state index is -0.0549. The van der Waals surface area contributed by atoms with E-state index >= 15 is 0 Å².